The smallest absolute Gasteiger partial charge is 0.203 e. The zero-order valence-corrected chi connectivity index (χ0v) is 11.5. The van der Waals surface area contributed by atoms with Gasteiger partial charge < -0.3 is 0 Å². The van der Waals surface area contributed by atoms with Gasteiger partial charge in [0, 0.05) is 5.56 Å². The van der Waals surface area contributed by atoms with Crippen molar-refractivity contribution in [2.75, 3.05) is 0 Å². The Balaban J connectivity index is 2.47. The molecular formula is C15H15FOS. The summed E-state index contributed by atoms with van der Waals surface area (Å²) in [5.74, 6) is -0.235. The highest BCUT2D eigenvalue weighted by Crippen LogP contribution is 2.23. The number of carbonyl (C=O) groups is 1. The fourth-order valence-corrected chi connectivity index (χ4v) is 2.98. The van der Waals surface area contributed by atoms with E-state index in [1.807, 2.05) is 18.4 Å². The summed E-state index contributed by atoms with van der Waals surface area (Å²) in [4.78, 5) is 13.2. The van der Waals surface area contributed by atoms with Gasteiger partial charge in [0.2, 0.25) is 5.78 Å². The topological polar surface area (TPSA) is 17.1 Å². The normalized spacial score (nSPS) is 10.7. The molecule has 0 radical (unpaired) electrons. The maximum absolute atomic E-state index is 13.6. The van der Waals surface area contributed by atoms with Crippen molar-refractivity contribution >= 4 is 17.1 Å². The first-order chi connectivity index (χ1) is 8.54. The lowest BCUT2D eigenvalue weighted by Gasteiger charge is -2.06. The summed E-state index contributed by atoms with van der Waals surface area (Å²) >= 11 is 1.45. The summed E-state index contributed by atoms with van der Waals surface area (Å²) in [5.41, 5.74) is 2.68. The van der Waals surface area contributed by atoms with Crippen molar-refractivity contribution in [1.29, 1.82) is 0 Å². The molecule has 0 atom stereocenters. The first-order valence-electron chi connectivity index (χ1n) is 5.92. The second-order valence-corrected chi connectivity index (χ2v) is 5.30. The molecule has 94 valence electrons. The van der Waals surface area contributed by atoms with E-state index in [0.29, 0.717) is 16.7 Å². The maximum Gasteiger partial charge on any atom is 0.203 e. The predicted octanol–water partition coefficient (Wildman–Crippen LogP) is 4.30. The zero-order chi connectivity index (χ0) is 13.3. The van der Waals surface area contributed by atoms with Crippen LogP contribution in [-0.4, -0.2) is 5.78 Å². The zero-order valence-electron chi connectivity index (χ0n) is 10.7. The molecular weight excluding hydrogens is 247 g/mol. The number of hydrogen-bond donors (Lipinski definition) is 0. The number of hydrogen-bond acceptors (Lipinski definition) is 2. The van der Waals surface area contributed by atoms with E-state index >= 15 is 0 Å². The van der Waals surface area contributed by atoms with Gasteiger partial charge in [-0.2, -0.15) is 0 Å². The lowest BCUT2D eigenvalue weighted by atomic mass is 10.0. The summed E-state index contributed by atoms with van der Waals surface area (Å²) in [7, 11) is 0. The number of ketones is 1. The van der Waals surface area contributed by atoms with E-state index in [1.54, 1.807) is 26.0 Å². The predicted molar refractivity (Wildman–Crippen MR) is 73.0 cm³/mol. The Kier molecular flexibility index (Phi) is 3.62. The van der Waals surface area contributed by atoms with Gasteiger partial charge in [-0.25, -0.2) is 4.39 Å². The molecule has 2 aromatic rings. The Morgan fingerprint density at radius 3 is 2.44 bits per heavy atom. The van der Waals surface area contributed by atoms with Gasteiger partial charge in [-0.3, -0.25) is 4.79 Å². The van der Waals surface area contributed by atoms with Gasteiger partial charge >= 0.3 is 0 Å². The largest absolute Gasteiger partial charge is 0.288 e. The first-order valence-corrected chi connectivity index (χ1v) is 6.80. The number of carbonyl (C=O) groups excluding carboxylic acids is 1. The molecule has 0 aliphatic carbocycles. The SMILES string of the molecule is CCc1ccsc1C(=O)c1cc(C)c(F)c(C)c1. The van der Waals surface area contributed by atoms with Gasteiger partial charge in [0.1, 0.15) is 5.82 Å². The molecule has 0 spiro atoms. The minimum atomic E-state index is -0.228. The highest BCUT2D eigenvalue weighted by molar-refractivity contribution is 7.12. The number of thiophene rings is 1. The fraction of sp³-hybridized carbons (Fsp3) is 0.267. The first kappa shape index (κ1) is 13.0. The van der Waals surface area contributed by atoms with E-state index in [9.17, 15) is 9.18 Å². The van der Waals surface area contributed by atoms with E-state index in [4.69, 9.17) is 0 Å². The maximum atomic E-state index is 13.6. The van der Waals surface area contributed by atoms with Crippen LogP contribution in [0.2, 0.25) is 0 Å². The van der Waals surface area contributed by atoms with Crippen LogP contribution in [0.25, 0.3) is 0 Å². The van der Waals surface area contributed by atoms with Crippen molar-refractivity contribution in [2.45, 2.75) is 27.2 Å². The number of rotatable bonds is 3. The van der Waals surface area contributed by atoms with Crippen molar-refractivity contribution < 1.29 is 9.18 Å². The molecule has 0 fully saturated rings. The van der Waals surface area contributed by atoms with Crippen LogP contribution >= 0.6 is 11.3 Å². The minimum Gasteiger partial charge on any atom is -0.288 e. The van der Waals surface area contributed by atoms with Crippen LogP contribution in [0.1, 0.15) is 38.8 Å². The highest BCUT2D eigenvalue weighted by atomic mass is 32.1. The number of halogens is 1. The van der Waals surface area contributed by atoms with Gasteiger partial charge in [0.15, 0.2) is 0 Å². The molecule has 0 saturated carbocycles. The summed E-state index contributed by atoms with van der Waals surface area (Å²) in [5, 5.41) is 1.93. The Morgan fingerprint density at radius 2 is 1.89 bits per heavy atom. The number of benzene rings is 1. The van der Waals surface area contributed by atoms with Crippen LogP contribution in [0.4, 0.5) is 4.39 Å². The molecule has 0 amide bonds. The van der Waals surface area contributed by atoms with Crippen LogP contribution < -0.4 is 0 Å². The van der Waals surface area contributed by atoms with Gasteiger partial charge in [0.05, 0.1) is 4.88 Å². The van der Waals surface area contributed by atoms with Crippen LogP contribution in [0, 0.1) is 19.7 Å². The molecule has 0 aliphatic rings. The lowest BCUT2D eigenvalue weighted by Crippen LogP contribution is -2.04. The Morgan fingerprint density at radius 1 is 1.28 bits per heavy atom. The second-order valence-electron chi connectivity index (χ2n) is 4.38. The minimum absolute atomic E-state index is 0.00644. The quantitative estimate of drug-likeness (QED) is 0.754. The summed E-state index contributed by atoms with van der Waals surface area (Å²) in [6.07, 6.45) is 0.837. The van der Waals surface area contributed by atoms with Crippen LogP contribution in [0.5, 0.6) is 0 Å². The monoisotopic (exact) mass is 262 g/mol. The van der Waals surface area contributed by atoms with E-state index < -0.39 is 0 Å². The van der Waals surface area contributed by atoms with Crippen molar-refractivity contribution in [2.24, 2.45) is 0 Å². The summed E-state index contributed by atoms with van der Waals surface area (Å²) in [6, 6.07) is 5.23. The van der Waals surface area contributed by atoms with E-state index in [2.05, 4.69) is 0 Å². The van der Waals surface area contributed by atoms with Crippen molar-refractivity contribution in [3.8, 4) is 0 Å². The molecule has 1 heterocycles. The van der Waals surface area contributed by atoms with Gasteiger partial charge in [-0.15, -0.1) is 11.3 Å². The van der Waals surface area contributed by atoms with Crippen LogP contribution in [-0.2, 0) is 6.42 Å². The Labute approximate surface area is 110 Å². The molecule has 1 aromatic carbocycles. The molecule has 0 N–H and O–H groups in total. The van der Waals surface area contributed by atoms with Crippen molar-refractivity contribution in [3.05, 3.63) is 56.5 Å². The molecule has 1 nitrogen and oxygen atoms in total. The third-order valence-electron chi connectivity index (χ3n) is 3.03. The van der Waals surface area contributed by atoms with Crippen molar-refractivity contribution in [3.63, 3.8) is 0 Å². The average Bonchev–Trinajstić information content (AvgIpc) is 2.82. The molecule has 2 rings (SSSR count). The third-order valence-corrected chi connectivity index (χ3v) is 3.99. The van der Waals surface area contributed by atoms with E-state index in [-0.39, 0.29) is 11.6 Å². The molecule has 0 unspecified atom stereocenters. The summed E-state index contributed by atoms with van der Waals surface area (Å²) in [6.45, 7) is 5.41. The van der Waals surface area contributed by atoms with Crippen LogP contribution in [0.15, 0.2) is 23.6 Å². The summed E-state index contributed by atoms with van der Waals surface area (Å²) < 4.78 is 13.6. The number of aryl methyl sites for hydroxylation is 3. The Hall–Kier alpha value is -1.48. The molecule has 0 saturated heterocycles. The van der Waals surface area contributed by atoms with Crippen LogP contribution in [0.3, 0.4) is 0 Å². The average molecular weight is 262 g/mol. The lowest BCUT2D eigenvalue weighted by molar-refractivity contribution is 0.104. The highest BCUT2D eigenvalue weighted by Gasteiger charge is 2.16. The molecule has 18 heavy (non-hydrogen) atoms. The fourth-order valence-electron chi connectivity index (χ4n) is 2.02. The van der Waals surface area contributed by atoms with E-state index in [1.165, 1.54) is 11.3 Å². The van der Waals surface area contributed by atoms with Gasteiger partial charge in [-0.05, 0) is 60.5 Å². The van der Waals surface area contributed by atoms with Gasteiger partial charge in [0.25, 0.3) is 0 Å². The second kappa shape index (κ2) is 5.02. The van der Waals surface area contributed by atoms with Crippen molar-refractivity contribution in [1.82, 2.24) is 0 Å². The molecule has 3 heteroatoms. The molecule has 0 bridgehead atoms. The Bertz CT molecular complexity index is 575. The van der Waals surface area contributed by atoms with E-state index in [0.717, 1.165) is 16.9 Å². The molecule has 1 aromatic heterocycles. The molecule has 0 aliphatic heterocycles. The third kappa shape index (κ3) is 2.23. The van der Waals surface area contributed by atoms with Gasteiger partial charge in [-0.1, -0.05) is 6.92 Å². The standard InChI is InChI=1S/C15H15FOS/c1-4-11-5-6-18-15(11)14(17)12-7-9(2)13(16)10(3)8-12/h5-8H,4H2,1-3H3.